The summed E-state index contributed by atoms with van der Waals surface area (Å²) in [5, 5.41) is 5.27. The predicted octanol–water partition coefficient (Wildman–Crippen LogP) is 1.40. The number of pyridine rings is 1. The first-order valence-electron chi connectivity index (χ1n) is 7.65. The highest BCUT2D eigenvalue weighted by Crippen LogP contribution is 2.31. The minimum absolute atomic E-state index is 0.0286. The molecular formula is C16H23N5O. The molecule has 1 amide bonds. The van der Waals surface area contributed by atoms with Gasteiger partial charge in [-0.1, -0.05) is 6.92 Å². The first-order valence-corrected chi connectivity index (χ1v) is 7.65. The number of carbonyl (C=O) groups is 1. The zero-order valence-electron chi connectivity index (χ0n) is 13.7. The molecule has 3 heterocycles. The topological polar surface area (TPSA) is 77.0 Å². The van der Waals surface area contributed by atoms with Crippen molar-refractivity contribution in [2.75, 3.05) is 19.6 Å². The van der Waals surface area contributed by atoms with E-state index in [-0.39, 0.29) is 11.3 Å². The lowest BCUT2D eigenvalue weighted by molar-refractivity contribution is 0.0778. The molecule has 1 atom stereocenters. The molecule has 2 aromatic rings. The first-order chi connectivity index (χ1) is 10.3. The third-order valence-electron chi connectivity index (χ3n) is 4.67. The second kappa shape index (κ2) is 5.05. The molecule has 1 saturated heterocycles. The average Bonchev–Trinajstić information content (AvgIpc) is 3.00. The van der Waals surface area contributed by atoms with Crippen molar-refractivity contribution in [3.8, 4) is 0 Å². The molecule has 0 saturated carbocycles. The summed E-state index contributed by atoms with van der Waals surface area (Å²) in [4.78, 5) is 19.4. The standard InChI is InChI=1S/C16H23N5O/c1-10-7-12(13-11(2)19-20(4)14(13)18-10)15(22)21-6-5-16(3,8-17)9-21/h7H,5-6,8-9,17H2,1-4H3. The Morgan fingerprint density at radius 3 is 2.82 bits per heavy atom. The van der Waals surface area contributed by atoms with Crippen LogP contribution < -0.4 is 5.73 Å². The number of fused-ring (bicyclic) bond motifs is 1. The van der Waals surface area contributed by atoms with Crippen LogP contribution in [0.4, 0.5) is 0 Å². The quantitative estimate of drug-likeness (QED) is 0.909. The third kappa shape index (κ3) is 2.27. The summed E-state index contributed by atoms with van der Waals surface area (Å²) in [6, 6.07) is 1.87. The van der Waals surface area contributed by atoms with Crippen molar-refractivity contribution < 1.29 is 4.79 Å². The van der Waals surface area contributed by atoms with Crippen LogP contribution in [0, 0.1) is 19.3 Å². The molecule has 1 fully saturated rings. The monoisotopic (exact) mass is 301 g/mol. The van der Waals surface area contributed by atoms with Crippen LogP contribution in [-0.2, 0) is 7.05 Å². The van der Waals surface area contributed by atoms with Crippen LogP contribution in [0.5, 0.6) is 0 Å². The third-order valence-corrected chi connectivity index (χ3v) is 4.67. The molecule has 1 unspecified atom stereocenters. The van der Waals surface area contributed by atoms with Gasteiger partial charge in [-0.15, -0.1) is 0 Å². The van der Waals surface area contributed by atoms with E-state index in [9.17, 15) is 4.79 Å². The molecule has 22 heavy (non-hydrogen) atoms. The highest BCUT2D eigenvalue weighted by molar-refractivity contribution is 6.06. The van der Waals surface area contributed by atoms with Crippen molar-refractivity contribution in [3.63, 3.8) is 0 Å². The van der Waals surface area contributed by atoms with Gasteiger partial charge in [0.15, 0.2) is 5.65 Å². The number of likely N-dealkylation sites (tertiary alicyclic amines) is 1. The number of aromatic nitrogens is 3. The zero-order chi connectivity index (χ0) is 16.1. The maximum absolute atomic E-state index is 13.0. The molecule has 1 aliphatic rings. The molecule has 2 N–H and O–H groups in total. The van der Waals surface area contributed by atoms with E-state index in [1.807, 2.05) is 31.9 Å². The number of hydrogen-bond acceptors (Lipinski definition) is 4. The fourth-order valence-corrected chi connectivity index (χ4v) is 3.27. The Balaban J connectivity index is 2.05. The van der Waals surface area contributed by atoms with Gasteiger partial charge in [0.1, 0.15) is 0 Å². The molecule has 0 spiro atoms. The van der Waals surface area contributed by atoms with Crippen molar-refractivity contribution in [1.29, 1.82) is 0 Å². The van der Waals surface area contributed by atoms with Crippen LogP contribution in [0.3, 0.4) is 0 Å². The lowest BCUT2D eigenvalue weighted by Gasteiger charge is -2.23. The van der Waals surface area contributed by atoms with Gasteiger partial charge in [0.05, 0.1) is 16.6 Å². The Hall–Kier alpha value is -1.95. The SMILES string of the molecule is Cc1cc(C(=O)N2CCC(C)(CN)C2)c2c(C)nn(C)c2n1. The Morgan fingerprint density at radius 1 is 1.45 bits per heavy atom. The van der Waals surface area contributed by atoms with Crippen LogP contribution in [0.2, 0.25) is 0 Å². The Labute approximate surface area is 130 Å². The number of aryl methyl sites for hydroxylation is 3. The summed E-state index contributed by atoms with van der Waals surface area (Å²) in [5.41, 5.74) is 9.02. The van der Waals surface area contributed by atoms with E-state index in [0.717, 1.165) is 35.4 Å². The van der Waals surface area contributed by atoms with Crippen molar-refractivity contribution in [1.82, 2.24) is 19.7 Å². The summed E-state index contributed by atoms with van der Waals surface area (Å²) in [7, 11) is 1.86. The van der Waals surface area contributed by atoms with Gasteiger partial charge in [-0.2, -0.15) is 5.10 Å². The Kier molecular flexibility index (Phi) is 3.44. The smallest absolute Gasteiger partial charge is 0.254 e. The zero-order valence-corrected chi connectivity index (χ0v) is 13.7. The van der Waals surface area contributed by atoms with Crippen LogP contribution in [0.15, 0.2) is 6.07 Å². The van der Waals surface area contributed by atoms with Crippen LogP contribution in [-0.4, -0.2) is 45.2 Å². The summed E-state index contributed by atoms with van der Waals surface area (Å²) < 4.78 is 1.74. The maximum atomic E-state index is 13.0. The predicted molar refractivity (Wildman–Crippen MR) is 85.7 cm³/mol. The van der Waals surface area contributed by atoms with Crippen LogP contribution in [0.25, 0.3) is 11.0 Å². The lowest BCUT2D eigenvalue weighted by atomic mass is 9.90. The van der Waals surface area contributed by atoms with Crippen LogP contribution >= 0.6 is 0 Å². The second-order valence-electron chi connectivity index (χ2n) is 6.71. The van der Waals surface area contributed by atoms with E-state index < -0.39 is 0 Å². The molecule has 118 valence electrons. The minimum atomic E-state index is 0.0286. The molecule has 3 rings (SSSR count). The van der Waals surface area contributed by atoms with Gasteiger partial charge in [-0.3, -0.25) is 9.48 Å². The highest BCUT2D eigenvalue weighted by atomic mass is 16.2. The van der Waals surface area contributed by atoms with Crippen molar-refractivity contribution in [3.05, 3.63) is 23.0 Å². The van der Waals surface area contributed by atoms with Gasteiger partial charge >= 0.3 is 0 Å². The second-order valence-corrected chi connectivity index (χ2v) is 6.71. The Bertz CT molecular complexity index is 751. The van der Waals surface area contributed by atoms with Crippen molar-refractivity contribution in [2.45, 2.75) is 27.2 Å². The maximum Gasteiger partial charge on any atom is 0.254 e. The molecule has 6 nitrogen and oxygen atoms in total. The fraction of sp³-hybridized carbons (Fsp3) is 0.562. The number of amides is 1. The summed E-state index contributed by atoms with van der Waals surface area (Å²) in [6.07, 6.45) is 0.953. The van der Waals surface area contributed by atoms with Crippen molar-refractivity contribution >= 4 is 16.9 Å². The van der Waals surface area contributed by atoms with Gasteiger partial charge in [0, 0.05) is 25.8 Å². The lowest BCUT2D eigenvalue weighted by Crippen LogP contribution is -2.34. The normalized spacial score (nSPS) is 21.8. The van der Waals surface area contributed by atoms with Gasteiger partial charge < -0.3 is 10.6 Å². The molecule has 1 aliphatic heterocycles. The summed E-state index contributed by atoms with van der Waals surface area (Å²) in [5.74, 6) is 0.0591. The number of rotatable bonds is 2. The van der Waals surface area contributed by atoms with E-state index in [2.05, 4.69) is 17.0 Å². The molecule has 0 bridgehead atoms. The van der Waals surface area contributed by atoms with Crippen LogP contribution in [0.1, 0.15) is 35.1 Å². The van der Waals surface area contributed by atoms with Gasteiger partial charge in [-0.25, -0.2) is 4.98 Å². The molecule has 2 aromatic heterocycles. The highest BCUT2D eigenvalue weighted by Gasteiger charge is 2.36. The van der Waals surface area contributed by atoms with Crippen molar-refractivity contribution in [2.24, 2.45) is 18.2 Å². The fourth-order valence-electron chi connectivity index (χ4n) is 3.27. The van der Waals surface area contributed by atoms with Gasteiger partial charge in [0.25, 0.3) is 5.91 Å². The summed E-state index contributed by atoms with van der Waals surface area (Å²) >= 11 is 0. The number of nitrogens with two attached hydrogens (primary N) is 1. The summed E-state index contributed by atoms with van der Waals surface area (Å²) in [6.45, 7) is 8.05. The number of nitrogens with zero attached hydrogens (tertiary/aromatic N) is 4. The molecule has 0 aromatic carbocycles. The van der Waals surface area contributed by atoms with E-state index in [0.29, 0.717) is 18.7 Å². The van der Waals surface area contributed by atoms with Gasteiger partial charge in [0.2, 0.25) is 0 Å². The minimum Gasteiger partial charge on any atom is -0.338 e. The number of carbonyl (C=O) groups excluding carboxylic acids is 1. The molecule has 0 radical (unpaired) electrons. The first kappa shape index (κ1) is 15.0. The Morgan fingerprint density at radius 2 is 2.18 bits per heavy atom. The average molecular weight is 301 g/mol. The molecule has 6 heteroatoms. The molecule has 0 aliphatic carbocycles. The van der Waals surface area contributed by atoms with Gasteiger partial charge in [-0.05, 0) is 38.3 Å². The van der Waals surface area contributed by atoms with E-state index in [1.54, 1.807) is 4.68 Å². The van der Waals surface area contributed by atoms with E-state index in [4.69, 9.17) is 5.73 Å². The largest absolute Gasteiger partial charge is 0.338 e. The van der Waals surface area contributed by atoms with E-state index in [1.165, 1.54) is 0 Å². The number of hydrogen-bond donors (Lipinski definition) is 1. The van der Waals surface area contributed by atoms with E-state index >= 15 is 0 Å². The molecular weight excluding hydrogens is 278 g/mol.